The molecule has 0 saturated carbocycles. The van der Waals surface area contributed by atoms with E-state index in [1.165, 1.54) is 4.88 Å². The van der Waals surface area contributed by atoms with E-state index in [0.717, 1.165) is 19.4 Å². The second-order valence-corrected chi connectivity index (χ2v) is 6.85. The van der Waals surface area contributed by atoms with Crippen LogP contribution in [0.5, 0.6) is 0 Å². The number of hydrogen-bond donors (Lipinski definition) is 0. The minimum absolute atomic E-state index is 0.0523. The molecule has 1 fully saturated rings. The summed E-state index contributed by atoms with van der Waals surface area (Å²) in [6.07, 6.45) is 3.77. The van der Waals surface area contributed by atoms with Crippen LogP contribution in [0.2, 0.25) is 0 Å². The Morgan fingerprint density at radius 3 is 2.62 bits per heavy atom. The molecule has 0 unspecified atom stereocenters. The molecule has 0 aromatic carbocycles. The quantitative estimate of drug-likeness (QED) is 0.857. The van der Waals surface area contributed by atoms with E-state index in [0.29, 0.717) is 31.7 Å². The molecule has 0 radical (unpaired) electrons. The van der Waals surface area contributed by atoms with E-state index in [2.05, 4.69) is 11.1 Å². The second-order valence-electron chi connectivity index (χ2n) is 5.82. The molecule has 3 rings (SSSR count). The number of nitrogens with zero attached hydrogens (tertiary/aromatic N) is 3. The largest absolute Gasteiger partial charge is 0.341 e. The zero-order valence-corrected chi connectivity index (χ0v) is 14.4. The van der Waals surface area contributed by atoms with Crippen molar-refractivity contribution in [3.8, 4) is 0 Å². The van der Waals surface area contributed by atoms with E-state index in [-0.39, 0.29) is 11.8 Å². The fourth-order valence-corrected chi connectivity index (χ4v) is 3.57. The van der Waals surface area contributed by atoms with Crippen LogP contribution in [0.1, 0.15) is 28.2 Å². The van der Waals surface area contributed by atoms with Gasteiger partial charge in [-0.25, -0.2) is 0 Å². The topological polar surface area (TPSA) is 53.5 Å². The van der Waals surface area contributed by atoms with Gasteiger partial charge in [-0.05, 0) is 36.4 Å². The van der Waals surface area contributed by atoms with Gasteiger partial charge in [0.15, 0.2) is 0 Å². The molecule has 2 aromatic rings. The van der Waals surface area contributed by atoms with Gasteiger partial charge in [-0.3, -0.25) is 14.6 Å². The Bertz CT molecular complexity index is 673. The molecule has 0 spiro atoms. The third-order valence-electron chi connectivity index (χ3n) is 4.19. The number of aromatic nitrogens is 1. The van der Waals surface area contributed by atoms with E-state index >= 15 is 0 Å². The minimum Gasteiger partial charge on any atom is -0.341 e. The first-order valence-electron chi connectivity index (χ1n) is 8.24. The first-order chi connectivity index (χ1) is 11.7. The molecule has 1 saturated heterocycles. The number of pyridine rings is 1. The standard InChI is InChI=1S/C18H21N3O2S/c22-17(8-7-15-5-3-14-24-15)20-10-4-11-21(13-12-20)18(23)16-6-1-2-9-19-16/h1-3,5-6,9,14H,4,7-8,10-13H2. The molecule has 0 aliphatic carbocycles. The van der Waals surface area contributed by atoms with E-state index in [1.807, 2.05) is 22.4 Å². The van der Waals surface area contributed by atoms with Crippen LogP contribution in [0.15, 0.2) is 41.9 Å². The van der Waals surface area contributed by atoms with Gasteiger partial charge in [-0.2, -0.15) is 0 Å². The molecule has 126 valence electrons. The highest BCUT2D eigenvalue weighted by Crippen LogP contribution is 2.13. The Kier molecular flexibility index (Phi) is 5.59. The van der Waals surface area contributed by atoms with Gasteiger partial charge >= 0.3 is 0 Å². The van der Waals surface area contributed by atoms with Crippen molar-refractivity contribution in [2.24, 2.45) is 0 Å². The van der Waals surface area contributed by atoms with Crippen LogP contribution in [-0.2, 0) is 11.2 Å². The molecule has 3 heterocycles. The van der Waals surface area contributed by atoms with Crippen molar-refractivity contribution in [2.45, 2.75) is 19.3 Å². The second kappa shape index (κ2) is 8.06. The van der Waals surface area contributed by atoms with Gasteiger partial charge < -0.3 is 9.80 Å². The van der Waals surface area contributed by atoms with Crippen molar-refractivity contribution in [1.82, 2.24) is 14.8 Å². The average molecular weight is 343 g/mol. The average Bonchev–Trinajstić information content (AvgIpc) is 3.02. The Morgan fingerprint density at radius 2 is 1.88 bits per heavy atom. The summed E-state index contributed by atoms with van der Waals surface area (Å²) in [6, 6.07) is 9.42. The Hall–Kier alpha value is -2.21. The maximum atomic E-state index is 12.5. The first kappa shape index (κ1) is 16.6. The third kappa shape index (κ3) is 4.20. The molecule has 0 N–H and O–H groups in total. The molecule has 1 aliphatic rings. The maximum absolute atomic E-state index is 12.5. The maximum Gasteiger partial charge on any atom is 0.272 e. The van der Waals surface area contributed by atoms with E-state index in [9.17, 15) is 9.59 Å². The smallest absolute Gasteiger partial charge is 0.272 e. The van der Waals surface area contributed by atoms with E-state index in [4.69, 9.17) is 0 Å². The summed E-state index contributed by atoms with van der Waals surface area (Å²) in [4.78, 5) is 33.9. The highest BCUT2D eigenvalue weighted by molar-refractivity contribution is 7.09. The summed E-state index contributed by atoms with van der Waals surface area (Å²) in [5.74, 6) is 0.124. The van der Waals surface area contributed by atoms with Crippen molar-refractivity contribution in [2.75, 3.05) is 26.2 Å². The molecule has 6 heteroatoms. The number of aryl methyl sites for hydroxylation is 1. The van der Waals surface area contributed by atoms with Gasteiger partial charge in [-0.1, -0.05) is 12.1 Å². The summed E-state index contributed by atoms with van der Waals surface area (Å²) < 4.78 is 0. The first-order valence-corrected chi connectivity index (χ1v) is 9.12. The van der Waals surface area contributed by atoms with Crippen LogP contribution < -0.4 is 0 Å². The Balaban J connectivity index is 1.53. The van der Waals surface area contributed by atoms with Gasteiger partial charge in [-0.15, -0.1) is 11.3 Å². The summed E-state index contributed by atoms with van der Waals surface area (Å²) in [6.45, 7) is 2.56. The van der Waals surface area contributed by atoms with E-state index in [1.54, 1.807) is 34.6 Å². The molecule has 2 aromatic heterocycles. The molecule has 1 aliphatic heterocycles. The number of hydrogen-bond acceptors (Lipinski definition) is 4. The zero-order chi connectivity index (χ0) is 16.8. The molecule has 2 amide bonds. The minimum atomic E-state index is -0.0523. The van der Waals surface area contributed by atoms with Gasteiger partial charge in [0.1, 0.15) is 5.69 Å². The summed E-state index contributed by atoms with van der Waals surface area (Å²) >= 11 is 1.69. The summed E-state index contributed by atoms with van der Waals surface area (Å²) in [5.41, 5.74) is 0.468. The number of carbonyl (C=O) groups is 2. The molecular weight excluding hydrogens is 322 g/mol. The highest BCUT2D eigenvalue weighted by atomic mass is 32.1. The third-order valence-corrected chi connectivity index (χ3v) is 5.12. The van der Waals surface area contributed by atoms with Crippen molar-refractivity contribution >= 4 is 23.2 Å². The number of amides is 2. The van der Waals surface area contributed by atoms with Crippen molar-refractivity contribution in [1.29, 1.82) is 0 Å². The van der Waals surface area contributed by atoms with Crippen LogP contribution in [0.3, 0.4) is 0 Å². The van der Waals surface area contributed by atoms with Crippen LogP contribution in [-0.4, -0.2) is 52.8 Å². The molecule has 0 atom stereocenters. The van der Waals surface area contributed by atoms with Crippen LogP contribution >= 0.6 is 11.3 Å². The van der Waals surface area contributed by atoms with Gasteiger partial charge in [0.2, 0.25) is 5.91 Å². The van der Waals surface area contributed by atoms with Crippen molar-refractivity contribution in [3.05, 3.63) is 52.5 Å². The molecule has 24 heavy (non-hydrogen) atoms. The van der Waals surface area contributed by atoms with Gasteiger partial charge in [0.05, 0.1) is 0 Å². The number of rotatable bonds is 4. The van der Waals surface area contributed by atoms with Crippen LogP contribution in [0.4, 0.5) is 0 Å². The number of thiophene rings is 1. The summed E-state index contributed by atoms with van der Waals surface area (Å²) in [7, 11) is 0. The molecular formula is C18H21N3O2S. The van der Waals surface area contributed by atoms with Gasteiger partial charge in [0, 0.05) is 43.7 Å². The SMILES string of the molecule is O=C(CCc1cccs1)N1CCCN(C(=O)c2ccccn2)CC1. The predicted octanol–water partition coefficient (Wildman–Crippen LogP) is 2.45. The van der Waals surface area contributed by atoms with Crippen LogP contribution in [0.25, 0.3) is 0 Å². The predicted molar refractivity (Wildman–Crippen MR) is 94.0 cm³/mol. The van der Waals surface area contributed by atoms with Crippen LogP contribution in [0, 0.1) is 0 Å². The van der Waals surface area contributed by atoms with Gasteiger partial charge in [0.25, 0.3) is 5.91 Å². The van der Waals surface area contributed by atoms with Crippen molar-refractivity contribution < 1.29 is 9.59 Å². The van der Waals surface area contributed by atoms with E-state index < -0.39 is 0 Å². The summed E-state index contributed by atoms with van der Waals surface area (Å²) in [5, 5.41) is 2.03. The lowest BCUT2D eigenvalue weighted by Gasteiger charge is -2.22. The Morgan fingerprint density at radius 1 is 1.04 bits per heavy atom. The fourth-order valence-electron chi connectivity index (χ4n) is 2.86. The number of carbonyl (C=O) groups excluding carboxylic acids is 2. The molecule has 0 bridgehead atoms. The fraction of sp³-hybridized carbons (Fsp3) is 0.389. The highest BCUT2D eigenvalue weighted by Gasteiger charge is 2.23. The lowest BCUT2D eigenvalue weighted by atomic mass is 10.2. The molecule has 5 nitrogen and oxygen atoms in total. The Labute approximate surface area is 145 Å². The zero-order valence-electron chi connectivity index (χ0n) is 13.6. The van der Waals surface area contributed by atoms with Crippen molar-refractivity contribution in [3.63, 3.8) is 0 Å². The lowest BCUT2D eigenvalue weighted by Crippen LogP contribution is -2.37. The lowest BCUT2D eigenvalue weighted by molar-refractivity contribution is -0.131. The monoisotopic (exact) mass is 343 g/mol. The normalized spacial score (nSPS) is 15.2.